The minimum atomic E-state index is 0.00463. The van der Waals surface area contributed by atoms with Gasteiger partial charge < -0.3 is 5.73 Å². The second kappa shape index (κ2) is 4.09. The summed E-state index contributed by atoms with van der Waals surface area (Å²) in [6.45, 7) is 5.48. The molecule has 1 aromatic carbocycles. The minimum absolute atomic E-state index is 0.00463. The molecule has 0 aliphatic carbocycles. The number of carbonyl (C=O) groups is 1. The fourth-order valence-corrected chi connectivity index (χ4v) is 1.10. The first-order valence-corrected chi connectivity index (χ1v) is 4.56. The highest BCUT2D eigenvalue weighted by molar-refractivity contribution is 6.08. The van der Waals surface area contributed by atoms with Crippen LogP contribution < -0.4 is 5.73 Å². The van der Waals surface area contributed by atoms with E-state index in [0.717, 1.165) is 5.56 Å². The van der Waals surface area contributed by atoms with Crippen LogP contribution in [0.25, 0.3) is 0 Å². The first-order chi connectivity index (χ1) is 6.52. The average Bonchev–Trinajstić information content (AvgIpc) is 2.16. The summed E-state index contributed by atoms with van der Waals surface area (Å²) >= 11 is 0. The zero-order valence-electron chi connectivity index (χ0n) is 8.79. The summed E-state index contributed by atoms with van der Waals surface area (Å²) in [5.74, 6) is 0.00463. The van der Waals surface area contributed by atoms with Crippen LogP contribution in [-0.4, -0.2) is 5.78 Å². The van der Waals surface area contributed by atoms with Crippen molar-refractivity contribution in [2.24, 2.45) is 5.73 Å². The maximum absolute atomic E-state index is 11.8. The lowest BCUT2D eigenvalue weighted by Crippen LogP contribution is -2.06. The third-order valence-electron chi connectivity index (χ3n) is 2.25. The number of hydrogen-bond acceptors (Lipinski definition) is 2. The van der Waals surface area contributed by atoms with E-state index in [-0.39, 0.29) is 5.78 Å². The molecular formula is C12H15NO. The smallest absolute Gasteiger partial charge is 0.190 e. The maximum Gasteiger partial charge on any atom is 0.190 e. The molecule has 14 heavy (non-hydrogen) atoms. The monoisotopic (exact) mass is 189 g/mol. The highest BCUT2D eigenvalue weighted by Gasteiger charge is 2.08. The molecule has 0 aliphatic rings. The minimum Gasteiger partial charge on any atom is -0.402 e. The molecule has 1 rings (SSSR count). The van der Waals surface area contributed by atoms with Gasteiger partial charge in [-0.3, -0.25) is 4.79 Å². The number of rotatable bonds is 2. The van der Waals surface area contributed by atoms with Gasteiger partial charge in [0.2, 0.25) is 0 Å². The molecule has 0 unspecified atom stereocenters. The van der Waals surface area contributed by atoms with Crippen molar-refractivity contribution in [2.45, 2.75) is 20.8 Å². The molecule has 0 atom stereocenters. The van der Waals surface area contributed by atoms with Crippen molar-refractivity contribution in [1.82, 2.24) is 0 Å². The van der Waals surface area contributed by atoms with Gasteiger partial charge in [0.25, 0.3) is 0 Å². The van der Waals surface area contributed by atoms with Crippen LogP contribution in [0.4, 0.5) is 0 Å². The van der Waals surface area contributed by atoms with Gasteiger partial charge in [0.1, 0.15) is 0 Å². The standard InChI is InChI=1S/C12H15NO/c1-8-4-6-11(7-5-8)12(14)9(2)10(3)13/h4-7H,13H2,1-3H3/b10-9-. The lowest BCUT2D eigenvalue weighted by atomic mass is 10.0. The lowest BCUT2D eigenvalue weighted by molar-refractivity contribution is 0.103. The van der Waals surface area contributed by atoms with Crippen LogP contribution in [0.5, 0.6) is 0 Å². The van der Waals surface area contributed by atoms with Crippen LogP contribution in [0.15, 0.2) is 35.5 Å². The molecule has 2 heteroatoms. The zero-order chi connectivity index (χ0) is 10.7. The van der Waals surface area contributed by atoms with Crippen LogP contribution in [0.1, 0.15) is 29.8 Å². The predicted molar refractivity (Wildman–Crippen MR) is 58.1 cm³/mol. The molecule has 0 radical (unpaired) electrons. The largest absolute Gasteiger partial charge is 0.402 e. The Morgan fingerprint density at radius 2 is 1.64 bits per heavy atom. The molecule has 0 saturated heterocycles. The van der Waals surface area contributed by atoms with Crippen LogP contribution >= 0.6 is 0 Å². The number of carbonyl (C=O) groups excluding carboxylic acids is 1. The lowest BCUT2D eigenvalue weighted by Gasteiger charge is -2.03. The average molecular weight is 189 g/mol. The number of allylic oxidation sites excluding steroid dienone is 2. The number of hydrogen-bond donors (Lipinski definition) is 1. The summed E-state index contributed by atoms with van der Waals surface area (Å²) in [4.78, 5) is 11.8. The van der Waals surface area contributed by atoms with Gasteiger partial charge in [-0.1, -0.05) is 29.8 Å². The van der Waals surface area contributed by atoms with Crippen molar-refractivity contribution in [3.05, 3.63) is 46.7 Å². The normalized spacial score (nSPS) is 12.2. The third kappa shape index (κ3) is 2.22. The first-order valence-electron chi connectivity index (χ1n) is 4.56. The van der Waals surface area contributed by atoms with Gasteiger partial charge in [-0.15, -0.1) is 0 Å². The van der Waals surface area contributed by atoms with E-state index in [9.17, 15) is 4.79 Å². The Morgan fingerprint density at radius 3 is 2.07 bits per heavy atom. The zero-order valence-corrected chi connectivity index (χ0v) is 8.79. The molecule has 74 valence electrons. The van der Waals surface area contributed by atoms with Gasteiger partial charge in [-0.05, 0) is 20.8 Å². The summed E-state index contributed by atoms with van der Waals surface area (Å²) in [6, 6.07) is 7.49. The Bertz CT molecular complexity index is 370. The quantitative estimate of drug-likeness (QED) is 0.573. The Balaban J connectivity index is 3.02. The summed E-state index contributed by atoms with van der Waals surface area (Å²) in [7, 11) is 0. The van der Waals surface area contributed by atoms with Crippen molar-refractivity contribution >= 4 is 5.78 Å². The third-order valence-corrected chi connectivity index (χ3v) is 2.25. The highest BCUT2D eigenvalue weighted by Crippen LogP contribution is 2.10. The van der Waals surface area contributed by atoms with Gasteiger partial charge in [-0.2, -0.15) is 0 Å². The number of ketones is 1. The number of nitrogens with two attached hydrogens (primary N) is 1. The Labute approximate surface area is 84.4 Å². The predicted octanol–water partition coefficient (Wildman–Crippen LogP) is 2.43. The fourth-order valence-electron chi connectivity index (χ4n) is 1.10. The van der Waals surface area contributed by atoms with E-state index >= 15 is 0 Å². The van der Waals surface area contributed by atoms with Crippen LogP contribution in [0.3, 0.4) is 0 Å². The van der Waals surface area contributed by atoms with E-state index in [4.69, 9.17) is 5.73 Å². The molecule has 2 nitrogen and oxygen atoms in total. The topological polar surface area (TPSA) is 43.1 Å². The Hall–Kier alpha value is -1.57. The molecule has 1 aromatic rings. The first kappa shape index (κ1) is 10.5. The van der Waals surface area contributed by atoms with E-state index in [1.807, 2.05) is 31.2 Å². The Morgan fingerprint density at radius 1 is 1.14 bits per heavy atom. The number of benzene rings is 1. The second-order valence-corrected chi connectivity index (χ2v) is 3.50. The molecule has 0 heterocycles. The maximum atomic E-state index is 11.8. The van der Waals surface area contributed by atoms with Crippen LogP contribution in [0.2, 0.25) is 0 Å². The van der Waals surface area contributed by atoms with Gasteiger partial charge in [-0.25, -0.2) is 0 Å². The molecule has 0 spiro atoms. The van der Waals surface area contributed by atoms with Crippen LogP contribution in [0, 0.1) is 6.92 Å². The molecule has 0 aromatic heterocycles. The summed E-state index contributed by atoms with van der Waals surface area (Å²) < 4.78 is 0. The number of Topliss-reactive ketones (excluding diaryl/α,β-unsaturated/α-hetero) is 1. The van der Waals surface area contributed by atoms with Crippen LogP contribution in [-0.2, 0) is 0 Å². The van der Waals surface area contributed by atoms with Crippen molar-refractivity contribution in [3.63, 3.8) is 0 Å². The summed E-state index contributed by atoms with van der Waals surface area (Å²) in [5, 5.41) is 0. The van der Waals surface area contributed by atoms with E-state index in [1.165, 1.54) is 0 Å². The summed E-state index contributed by atoms with van der Waals surface area (Å²) in [6.07, 6.45) is 0. The molecule has 0 fully saturated rings. The molecule has 0 bridgehead atoms. The van der Waals surface area contributed by atoms with Gasteiger partial charge in [0.15, 0.2) is 5.78 Å². The van der Waals surface area contributed by atoms with Crippen molar-refractivity contribution in [2.75, 3.05) is 0 Å². The fraction of sp³-hybridized carbons (Fsp3) is 0.250. The van der Waals surface area contributed by atoms with Crippen molar-refractivity contribution < 1.29 is 4.79 Å². The SMILES string of the molecule is C/C(N)=C(\C)C(=O)c1ccc(C)cc1. The number of aryl methyl sites for hydroxylation is 1. The van der Waals surface area contributed by atoms with Gasteiger partial charge >= 0.3 is 0 Å². The Kier molecular flexibility index (Phi) is 3.07. The van der Waals surface area contributed by atoms with Gasteiger partial charge in [0, 0.05) is 16.8 Å². The molecule has 0 amide bonds. The molecular weight excluding hydrogens is 174 g/mol. The highest BCUT2D eigenvalue weighted by atomic mass is 16.1. The van der Waals surface area contributed by atoms with Crippen molar-refractivity contribution in [1.29, 1.82) is 0 Å². The molecule has 0 aliphatic heterocycles. The second-order valence-electron chi connectivity index (χ2n) is 3.50. The van der Waals surface area contributed by atoms with E-state index in [0.29, 0.717) is 16.8 Å². The molecule has 0 saturated carbocycles. The van der Waals surface area contributed by atoms with Crippen molar-refractivity contribution in [3.8, 4) is 0 Å². The summed E-state index contributed by atoms with van der Waals surface area (Å²) in [5.41, 5.74) is 8.60. The molecule has 2 N–H and O–H groups in total. The van der Waals surface area contributed by atoms with E-state index in [2.05, 4.69) is 0 Å². The van der Waals surface area contributed by atoms with E-state index in [1.54, 1.807) is 13.8 Å². The van der Waals surface area contributed by atoms with Gasteiger partial charge in [0.05, 0.1) is 0 Å². The van der Waals surface area contributed by atoms with E-state index < -0.39 is 0 Å².